The Morgan fingerprint density at radius 2 is 1.67 bits per heavy atom. The summed E-state index contributed by atoms with van der Waals surface area (Å²) < 4.78 is 46.5. The molecule has 6 nitrogen and oxygen atoms in total. The van der Waals surface area contributed by atoms with E-state index in [4.69, 9.17) is 4.74 Å². The number of benzene rings is 3. The Labute approximate surface area is 194 Å². The van der Waals surface area contributed by atoms with Gasteiger partial charge in [0.15, 0.2) is 0 Å². The van der Waals surface area contributed by atoms with Gasteiger partial charge in [0.25, 0.3) is 0 Å². The molecule has 0 fully saturated rings. The summed E-state index contributed by atoms with van der Waals surface area (Å²) in [5.41, 5.74) is 2.26. The van der Waals surface area contributed by atoms with E-state index < -0.39 is 34.3 Å². The second kappa shape index (κ2) is 10.6. The molecular weight excluding hydrogens is 443 g/mol. The fourth-order valence-electron chi connectivity index (χ4n) is 3.43. The molecule has 1 N–H and O–H groups in total. The molecule has 0 aliphatic carbocycles. The monoisotopic (exact) mass is 470 g/mol. The number of carbonyl (C=O) groups is 1. The van der Waals surface area contributed by atoms with Crippen LogP contribution >= 0.6 is 0 Å². The maximum Gasteiger partial charge on any atom is 0.243 e. The van der Waals surface area contributed by atoms with Crippen molar-refractivity contribution in [2.45, 2.75) is 31.3 Å². The molecular formula is C25H27FN2O4S. The van der Waals surface area contributed by atoms with Gasteiger partial charge >= 0.3 is 0 Å². The number of halogens is 1. The zero-order valence-corrected chi connectivity index (χ0v) is 19.6. The third-order valence-electron chi connectivity index (χ3n) is 5.23. The van der Waals surface area contributed by atoms with E-state index in [2.05, 4.69) is 5.32 Å². The molecule has 0 aromatic heterocycles. The SMILES string of the molecule is COc1ccccc1[C@H](C)NC(=O)CN(Cc1ccc(F)cc1)S(=O)(=O)c1ccc(C)cc1. The van der Waals surface area contributed by atoms with Crippen molar-refractivity contribution in [2.75, 3.05) is 13.7 Å². The van der Waals surface area contributed by atoms with Crippen LogP contribution in [-0.2, 0) is 21.4 Å². The quantitative estimate of drug-likeness (QED) is 0.508. The minimum Gasteiger partial charge on any atom is -0.496 e. The number of aryl methyl sites for hydroxylation is 1. The van der Waals surface area contributed by atoms with Crippen LogP contribution in [0, 0.1) is 12.7 Å². The molecule has 0 aliphatic rings. The van der Waals surface area contributed by atoms with Gasteiger partial charge in [0, 0.05) is 12.1 Å². The van der Waals surface area contributed by atoms with Crippen molar-refractivity contribution < 1.29 is 22.3 Å². The van der Waals surface area contributed by atoms with Gasteiger partial charge in [-0.2, -0.15) is 4.31 Å². The summed E-state index contributed by atoms with van der Waals surface area (Å²) in [6, 6.07) is 18.8. The van der Waals surface area contributed by atoms with Crippen molar-refractivity contribution in [3.63, 3.8) is 0 Å². The molecule has 3 aromatic rings. The Hall–Kier alpha value is -3.23. The molecule has 1 amide bonds. The first-order chi connectivity index (χ1) is 15.7. The van der Waals surface area contributed by atoms with Gasteiger partial charge in [0.1, 0.15) is 11.6 Å². The number of ether oxygens (including phenoxy) is 1. The molecule has 0 heterocycles. The highest BCUT2D eigenvalue weighted by atomic mass is 32.2. The van der Waals surface area contributed by atoms with Crippen molar-refractivity contribution in [1.29, 1.82) is 0 Å². The molecule has 174 valence electrons. The average molecular weight is 471 g/mol. The van der Waals surface area contributed by atoms with Crippen LogP contribution in [0.15, 0.2) is 77.7 Å². The first-order valence-electron chi connectivity index (χ1n) is 10.4. The number of sulfonamides is 1. The van der Waals surface area contributed by atoms with Gasteiger partial charge in [-0.15, -0.1) is 0 Å². The van der Waals surface area contributed by atoms with Gasteiger partial charge in [0.05, 0.1) is 24.6 Å². The van der Waals surface area contributed by atoms with Crippen LogP contribution in [-0.4, -0.2) is 32.3 Å². The van der Waals surface area contributed by atoms with E-state index in [-0.39, 0.29) is 11.4 Å². The van der Waals surface area contributed by atoms with E-state index in [9.17, 15) is 17.6 Å². The predicted octanol–water partition coefficient (Wildman–Crippen LogP) is 4.21. The highest BCUT2D eigenvalue weighted by Crippen LogP contribution is 2.25. The number of hydrogen-bond acceptors (Lipinski definition) is 4. The number of methoxy groups -OCH3 is 1. The Balaban J connectivity index is 1.84. The van der Waals surface area contributed by atoms with Crippen LogP contribution in [0.4, 0.5) is 4.39 Å². The lowest BCUT2D eigenvalue weighted by Gasteiger charge is -2.24. The summed E-state index contributed by atoms with van der Waals surface area (Å²) in [6.07, 6.45) is 0. The fraction of sp³-hybridized carbons (Fsp3) is 0.240. The average Bonchev–Trinajstić information content (AvgIpc) is 2.80. The van der Waals surface area contributed by atoms with E-state index in [1.54, 1.807) is 32.2 Å². The van der Waals surface area contributed by atoms with E-state index >= 15 is 0 Å². The van der Waals surface area contributed by atoms with Crippen molar-refractivity contribution in [3.8, 4) is 5.75 Å². The minimum atomic E-state index is -3.98. The Bertz CT molecular complexity index is 1200. The predicted molar refractivity (Wildman–Crippen MR) is 125 cm³/mol. The molecule has 0 unspecified atom stereocenters. The van der Waals surface area contributed by atoms with E-state index in [1.807, 2.05) is 25.1 Å². The zero-order valence-electron chi connectivity index (χ0n) is 18.8. The molecule has 0 saturated heterocycles. The molecule has 0 spiro atoms. The molecule has 8 heteroatoms. The van der Waals surface area contributed by atoms with Gasteiger partial charge in [-0.3, -0.25) is 4.79 Å². The topological polar surface area (TPSA) is 75.7 Å². The molecule has 1 atom stereocenters. The lowest BCUT2D eigenvalue weighted by Crippen LogP contribution is -2.41. The second-order valence-corrected chi connectivity index (χ2v) is 9.68. The van der Waals surface area contributed by atoms with Crippen LogP contribution in [0.5, 0.6) is 5.75 Å². The Morgan fingerprint density at radius 1 is 1.03 bits per heavy atom. The smallest absolute Gasteiger partial charge is 0.243 e. The summed E-state index contributed by atoms with van der Waals surface area (Å²) in [5.74, 6) is -0.262. The van der Waals surface area contributed by atoms with E-state index in [0.29, 0.717) is 11.3 Å². The number of nitrogens with zero attached hydrogens (tertiary/aromatic N) is 1. The van der Waals surface area contributed by atoms with Crippen molar-refractivity contribution in [3.05, 3.63) is 95.3 Å². The van der Waals surface area contributed by atoms with Gasteiger partial charge in [0.2, 0.25) is 15.9 Å². The number of nitrogens with one attached hydrogen (secondary N) is 1. The normalized spacial score (nSPS) is 12.4. The van der Waals surface area contributed by atoms with Crippen LogP contribution < -0.4 is 10.1 Å². The fourth-order valence-corrected chi connectivity index (χ4v) is 4.81. The highest BCUT2D eigenvalue weighted by molar-refractivity contribution is 7.89. The largest absolute Gasteiger partial charge is 0.496 e. The number of amides is 1. The summed E-state index contributed by atoms with van der Waals surface area (Å²) in [6.45, 7) is 3.19. The second-order valence-electron chi connectivity index (χ2n) is 7.74. The summed E-state index contributed by atoms with van der Waals surface area (Å²) >= 11 is 0. The summed E-state index contributed by atoms with van der Waals surface area (Å²) in [7, 11) is -2.43. The Kier molecular flexibility index (Phi) is 7.84. The number of carbonyl (C=O) groups excluding carboxylic acids is 1. The molecule has 0 saturated carbocycles. The summed E-state index contributed by atoms with van der Waals surface area (Å²) in [5, 5.41) is 2.84. The van der Waals surface area contributed by atoms with Crippen molar-refractivity contribution >= 4 is 15.9 Å². The number of rotatable bonds is 9. The molecule has 0 aliphatic heterocycles. The third kappa shape index (κ3) is 6.18. The minimum absolute atomic E-state index is 0.0764. The van der Waals surface area contributed by atoms with Crippen LogP contribution in [0.25, 0.3) is 0 Å². The zero-order chi connectivity index (χ0) is 24.0. The third-order valence-corrected chi connectivity index (χ3v) is 7.04. The van der Waals surface area contributed by atoms with E-state index in [0.717, 1.165) is 15.4 Å². The van der Waals surface area contributed by atoms with Crippen molar-refractivity contribution in [1.82, 2.24) is 9.62 Å². The number of para-hydroxylation sites is 1. The Morgan fingerprint density at radius 3 is 2.30 bits per heavy atom. The lowest BCUT2D eigenvalue weighted by atomic mass is 10.1. The first-order valence-corrected chi connectivity index (χ1v) is 11.9. The van der Waals surface area contributed by atoms with Crippen LogP contribution in [0.1, 0.15) is 29.7 Å². The molecule has 0 bridgehead atoms. The first kappa shape index (κ1) is 24.4. The number of hydrogen-bond donors (Lipinski definition) is 1. The van der Waals surface area contributed by atoms with Crippen molar-refractivity contribution in [2.24, 2.45) is 0 Å². The molecule has 0 radical (unpaired) electrons. The standard InChI is InChI=1S/C25H27FN2O4S/c1-18-8-14-22(15-9-18)33(30,31)28(16-20-10-12-21(26)13-11-20)17-25(29)27-19(2)23-6-4-5-7-24(23)32-3/h4-15,19H,16-17H2,1-3H3,(H,27,29)/t19-/m0/s1. The maximum absolute atomic E-state index is 13.4. The maximum atomic E-state index is 13.4. The van der Waals surface area contributed by atoms with Gasteiger partial charge in [-0.25, -0.2) is 12.8 Å². The molecule has 3 rings (SSSR count). The summed E-state index contributed by atoms with van der Waals surface area (Å²) in [4.78, 5) is 13.0. The van der Waals surface area contributed by atoms with Gasteiger partial charge in [-0.05, 0) is 49.7 Å². The highest BCUT2D eigenvalue weighted by Gasteiger charge is 2.27. The van der Waals surface area contributed by atoms with Gasteiger partial charge < -0.3 is 10.1 Å². The molecule has 33 heavy (non-hydrogen) atoms. The van der Waals surface area contributed by atoms with Crippen LogP contribution in [0.3, 0.4) is 0 Å². The lowest BCUT2D eigenvalue weighted by molar-refractivity contribution is -0.122. The van der Waals surface area contributed by atoms with Gasteiger partial charge in [-0.1, -0.05) is 48.0 Å². The molecule has 3 aromatic carbocycles. The van der Waals surface area contributed by atoms with Crippen LogP contribution in [0.2, 0.25) is 0 Å². The van der Waals surface area contributed by atoms with E-state index in [1.165, 1.54) is 36.4 Å².